The van der Waals surface area contributed by atoms with Gasteiger partial charge in [-0.2, -0.15) is 5.10 Å². The number of halogens is 4. The van der Waals surface area contributed by atoms with E-state index in [1.54, 1.807) is 6.07 Å². The fraction of sp³-hybridized carbons (Fsp3) is 0.0909. The van der Waals surface area contributed by atoms with Crippen molar-refractivity contribution in [1.82, 2.24) is 10.2 Å². The van der Waals surface area contributed by atoms with Gasteiger partial charge in [0.15, 0.2) is 29.1 Å². The molecular weight excluding hydrogens is 398 g/mol. The minimum atomic E-state index is -2.05. The highest BCUT2D eigenvalue weighted by Gasteiger charge is 2.24. The number of hydrogen-bond acceptors (Lipinski definition) is 2. The fourth-order valence-electron chi connectivity index (χ4n) is 3.45. The normalized spacial score (nSPS) is 11.1. The van der Waals surface area contributed by atoms with Crippen LogP contribution in [0, 0.1) is 37.1 Å². The molecule has 0 aliphatic carbocycles. The number of nitrogens with one attached hydrogen (secondary N) is 2. The number of amides is 1. The van der Waals surface area contributed by atoms with Gasteiger partial charge in [-0.05, 0) is 54.3 Å². The summed E-state index contributed by atoms with van der Waals surface area (Å²) < 4.78 is 53.8. The Morgan fingerprint density at radius 1 is 0.933 bits per heavy atom. The van der Waals surface area contributed by atoms with Crippen LogP contribution in [-0.4, -0.2) is 16.1 Å². The predicted molar refractivity (Wildman–Crippen MR) is 105 cm³/mol. The van der Waals surface area contributed by atoms with Gasteiger partial charge in [-0.15, -0.1) is 0 Å². The average Bonchev–Trinajstić information content (AvgIpc) is 3.11. The number of anilines is 1. The molecular formula is C22H15F4N3O. The van der Waals surface area contributed by atoms with Crippen LogP contribution in [0.5, 0.6) is 0 Å². The van der Waals surface area contributed by atoms with Crippen LogP contribution in [0.4, 0.5) is 23.4 Å². The molecule has 1 heterocycles. The van der Waals surface area contributed by atoms with E-state index in [0.29, 0.717) is 17.0 Å². The standard InChI is InChI=1S/C22H15F4N3O/c1-10-4-3-5-11(2)17(10)12-6-7-13-16(8-12)28-29-21(13)27-22(30)14-9-15(23)19(25)20(26)18(14)24/h3-9H,1-2H3,(H2,27,28,29,30). The summed E-state index contributed by atoms with van der Waals surface area (Å²) in [7, 11) is 0. The first kappa shape index (κ1) is 19.6. The number of carbonyl (C=O) groups excluding carboxylic acids is 1. The van der Waals surface area contributed by atoms with Gasteiger partial charge < -0.3 is 5.32 Å². The van der Waals surface area contributed by atoms with Gasteiger partial charge in [-0.3, -0.25) is 9.89 Å². The van der Waals surface area contributed by atoms with Gasteiger partial charge in [0.1, 0.15) is 0 Å². The van der Waals surface area contributed by atoms with Gasteiger partial charge in [-0.25, -0.2) is 17.6 Å². The molecule has 0 radical (unpaired) electrons. The quantitative estimate of drug-likeness (QED) is 0.259. The molecule has 1 aromatic heterocycles. The lowest BCUT2D eigenvalue weighted by Crippen LogP contribution is -2.16. The SMILES string of the molecule is Cc1cccc(C)c1-c1ccc2c(NC(=O)c3cc(F)c(F)c(F)c3F)n[nH]c2c1. The molecule has 152 valence electrons. The number of H-pyrrole nitrogens is 1. The van der Waals surface area contributed by atoms with Crippen LogP contribution in [0.25, 0.3) is 22.0 Å². The maximum atomic E-state index is 13.9. The molecule has 0 fully saturated rings. The van der Waals surface area contributed by atoms with Gasteiger partial charge in [0.25, 0.3) is 5.91 Å². The van der Waals surface area contributed by atoms with Gasteiger partial charge >= 0.3 is 0 Å². The fourth-order valence-corrected chi connectivity index (χ4v) is 3.45. The molecule has 0 aliphatic heterocycles. The van der Waals surface area contributed by atoms with E-state index < -0.39 is 34.7 Å². The highest BCUT2D eigenvalue weighted by atomic mass is 19.2. The summed E-state index contributed by atoms with van der Waals surface area (Å²) in [6, 6.07) is 11.7. The van der Waals surface area contributed by atoms with Crippen molar-refractivity contribution in [2.45, 2.75) is 13.8 Å². The minimum Gasteiger partial charge on any atom is -0.304 e. The number of hydrogen-bond donors (Lipinski definition) is 2. The highest BCUT2D eigenvalue weighted by molar-refractivity contribution is 6.08. The lowest BCUT2D eigenvalue weighted by Gasteiger charge is -2.10. The Hall–Kier alpha value is -3.68. The molecule has 4 aromatic rings. The highest BCUT2D eigenvalue weighted by Crippen LogP contribution is 2.31. The van der Waals surface area contributed by atoms with E-state index in [4.69, 9.17) is 0 Å². The maximum Gasteiger partial charge on any atom is 0.260 e. The number of aryl methyl sites for hydroxylation is 2. The topological polar surface area (TPSA) is 57.8 Å². The van der Waals surface area contributed by atoms with Crippen LogP contribution in [0.15, 0.2) is 42.5 Å². The van der Waals surface area contributed by atoms with E-state index in [-0.39, 0.29) is 5.82 Å². The molecule has 1 amide bonds. The number of nitrogens with zero attached hydrogens (tertiary/aromatic N) is 1. The van der Waals surface area contributed by atoms with Crippen molar-refractivity contribution in [3.8, 4) is 11.1 Å². The van der Waals surface area contributed by atoms with Crippen LogP contribution in [0.2, 0.25) is 0 Å². The third-order valence-electron chi connectivity index (χ3n) is 4.91. The number of aromatic nitrogens is 2. The first-order chi connectivity index (χ1) is 14.3. The van der Waals surface area contributed by atoms with Crippen molar-refractivity contribution in [3.05, 3.63) is 82.4 Å². The zero-order valence-electron chi connectivity index (χ0n) is 15.9. The second kappa shape index (κ2) is 7.29. The Labute approximate surface area is 168 Å². The third kappa shape index (κ3) is 3.20. The van der Waals surface area contributed by atoms with Crippen molar-refractivity contribution >= 4 is 22.6 Å². The lowest BCUT2D eigenvalue weighted by atomic mass is 9.95. The van der Waals surface area contributed by atoms with E-state index in [0.717, 1.165) is 22.3 Å². The van der Waals surface area contributed by atoms with Crippen molar-refractivity contribution < 1.29 is 22.4 Å². The van der Waals surface area contributed by atoms with Crippen molar-refractivity contribution in [2.75, 3.05) is 5.32 Å². The molecule has 0 spiro atoms. The molecule has 8 heteroatoms. The Morgan fingerprint density at radius 2 is 1.63 bits per heavy atom. The Morgan fingerprint density at radius 3 is 2.33 bits per heavy atom. The average molecular weight is 413 g/mol. The number of benzene rings is 3. The maximum absolute atomic E-state index is 13.9. The molecule has 2 N–H and O–H groups in total. The number of carbonyl (C=O) groups is 1. The molecule has 0 aliphatic rings. The van der Waals surface area contributed by atoms with E-state index in [2.05, 4.69) is 15.5 Å². The van der Waals surface area contributed by atoms with Crippen LogP contribution in [-0.2, 0) is 0 Å². The summed E-state index contributed by atoms with van der Waals surface area (Å²) in [5, 5.41) is 9.58. The molecule has 0 saturated carbocycles. The van der Waals surface area contributed by atoms with Gasteiger partial charge in [-0.1, -0.05) is 24.3 Å². The van der Waals surface area contributed by atoms with Crippen LogP contribution in [0.1, 0.15) is 21.5 Å². The summed E-state index contributed by atoms with van der Waals surface area (Å²) in [4.78, 5) is 12.3. The Kier molecular flexibility index (Phi) is 4.77. The summed E-state index contributed by atoms with van der Waals surface area (Å²) in [5.74, 6) is -8.57. The second-order valence-corrected chi connectivity index (χ2v) is 6.90. The molecule has 4 nitrogen and oxygen atoms in total. The zero-order chi connectivity index (χ0) is 21.6. The minimum absolute atomic E-state index is 0.0487. The third-order valence-corrected chi connectivity index (χ3v) is 4.91. The smallest absolute Gasteiger partial charge is 0.260 e. The van der Waals surface area contributed by atoms with Gasteiger partial charge in [0, 0.05) is 5.39 Å². The number of aromatic amines is 1. The molecule has 0 unspecified atom stereocenters. The first-order valence-electron chi connectivity index (χ1n) is 8.97. The van der Waals surface area contributed by atoms with Crippen LogP contribution < -0.4 is 5.32 Å². The lowest BCUT2D eigenvalue weighted by molar-refractivity contribution is 0.102. The summed E-state index contributed by atoms with van der Waals surface area (Å²) in [6.45, 7) is 4.00. The van der Waals surface area contributed by atoms with Crippen molar-refractivity contribution in [2.24, 2.45) is 0 Å². The molecule has 0 saturated heterocycles. The molecule has 3 aromatic carbocycles. The predicted octanol–water partition coefficient (Wildman–Crippen LogP) is 5.66. The summed E-state index contributed by atoms with van der Waals surface area (Å²) in [6.07, 6.45) is 0. The van der Waals surface area contributed by atoms with Crippen LogP contribution in [0.3, 0.4) is 0 Å². The van der Waals surface area contributed by atoms with E-state index in [9.17, 15) is 22.4 Å². The van der Waals surface area contributed by atoms with Crippen molar-refractivity contribution in [1.29, 1.82) is 0 Å². The Balaban J connectivity index is 1.69. The first-order valence-corrected chi connectivity index (χ1v) is 8.97. The number of fused-ring (bicyclic) bond motifs is 1. The number of rotatable bonds is 3. The van der Waals surface area contributed by atoms with Crippen molar-refractivity contribution in [3.63, 3.8) is 0 Å². The van der Waals surface area contributed by atoms with E-state index >= 15 is 0 Å². The van der Waals surface area contributed by atoms with E-state index in [1.165, 1.54) is 0 Å². The molecule has 30 heavy (non-hydrogen) atoms. The monoisotopic (exact) mass is 413 g/mol. The molecule has 0 atom stereocenters. The van der Waals surface area contributed by atoms with Gasteiger partial charge in [0.05, 0.1) is 11.1 Å². The Bertz CT molecular complexity index is 1290. The summed E-state index contributed by atoms with van der Waals surface area (Å²) >= 11 is 0. The molecule has 4 rings (SSSR count). The zero-order valence-corrected chi connectivity index (χ0v) is 15.9. The molecule has 0 bridgehead atoms. The largest absolute Gasteiger partial charge is 0.304 e. The summed E-state index contributed by atoms with van der Waals surface area (Å²) in [5.41, 5.74) is 3.83. The van der Waals surface area contributed by atoms with Crippen LogP contribution >= 0.6 is 0 Å². The second-order valence-electron chi connectivity index (χ2n) is 6.90. The van der Waals surface area contributed by atoms with E-state index in [1.807, 2.05) is 44.2 Å². The van der Waals surface area contributed by atoms with Gasteiger partial charge in [0.2, 0.25) is 0 Å².